The molecule has 2 aromatic carbocycles. The Morgan fingerprint density at radius 1 is 1.00 bits per heavy atom. The summed E-state index contributed by atoms with van der Waals surface area (Å²) in [5.41, 5.74) is 1.01. The van der Waals surface area contributed by atoms with E-state index in [9.17, 15) is 13.2 Å². The maximum absolute atomic E-state index is 12.5. The highest BCUT2D eigenvalue weighted by Crippen LogP contribution is 2.15. The topological polar surface area (TPSA) is 66.9 Å². The number of sulfonamides is 1. The van der Waals surface area contributed by atoms with Crippen molar-refractivity contribution in [1.82, 2.24) is 9.21 Å². The summed E-state index contributed by atoms with van der Waals surface area (Å²) in [6.45, 7) is 0.792. The number of hydrogen-bond acceptors (Lipinski definition) is 4. The fourth-order valence-corrected chi connectivity index (χ4v) is 3.86. The van der Waals surface area contributed by atoms with Gasteiger partial charge in [-0.2, -0.15) is 0 Å². The summed E-state index contributed by atoms with van der Waals surface area (Å²) < 4.78 is 31.3. The number of methoxy groups -OCH3 is 1. The van der Waals surface area contributed by atoms with Gasteiger partial charge in [-0.3, -0.25) is 4.79 Å². The molecule has 0 aliphatic rings. The maximum Gasteiger partial charge on any atom is 0.242 e. The van der Waals surface area contributed by atoms with E-state index >= 15 is 0 Å². The number of ether oxygens (including phenoxy) is 1. The average molecular weight is 391 g/mol. The third-order valence-electron chi connectivity index (χ3n) is 4.32. The number of carbonyl (C=O) groups excluding carboxylic acids is 1. The second kappa shape index (κ2) is 9.53. The van der Waals surface area contributed by atoms with Crippen LogP contribution in [0.15, 0.2) is 59.5 Å². The molecule has 0 fully saturated rings. The fraction of sp³-hybridized carbons (Fsp3) is 0.350. The van der Waals surface area contributed by atoms with Gasteiger partial charge in [0.15, 0.2) is 0 Å². The fourth-order valence-electron chi connectivity index (χ4n) is 2.63. The second-order valence-corrected chi connectivity index (χ2v) is 8.39. The molecule has 0 spiro atoms. The molecule has 0 saturated carbocycles. The monoisotopic (exact) mass is 390 g/mol. The Hall–Kier alpha value is -2.38. The highest BCUT2D eigenvalue weighted by Gasteiger charge is 2.20. The van der Waals surface area contributed by atoms with E-state index in [-0.39, 0.29) is 10.8 Å². The van der Waals surface area contributed by atoms with Crippen molar-refractivity contribution in [3.8, 4) is 5.75 Å². The zero-order valence-corrected chi connectivity index (χ0v) is 16.8. The molecule has 2 aromatic rings. The number of hydrogen-bond donors (Lipinski definition) is 0. The first-order chi connectivity index (χ1) is 12.8. The number of nitrogens with zero attached hydrogens (tertiary/aromatic N) is 2. The van der Waals surface area contributed by atoms with Gasteiger partial charge in [0.25, 0.3) is 0 Å². The Bertz CT molecular complexity index is 836. The van der Waals surface area contributed by atoms with E-state index in [1.54, 1.807) is 49.4 Å². The van der Waals surface area contributed by atoms with Crippen molar-refractivity contribution in [3.63, 3.8) is 0 Å². The summed E-state index contributed by atoms with van der Waals surface area (Å²) in [6, 6.07) is 15.9. The van der Waals surface area contributed by atoms with E-state index in [2.05, 4.69) is 0 Å². The van der Waals surface area contributed by atoms with Crippen LogP contribution >= 0.6 is 0 Å². The SMILES string of the molecule is COc1ccc(CN(C)C(=O)CCCN(C)S(=O)(=O)c2ccccc2)cc1. The summed E-state index contributed by atoms with van der Waals surface area (Å²) in [5, 5.41) is 0. The predicted octanol–water partition coefficient (Wildman–Crippen LogP) is 2.75. The van der Waals surface area contributed by atoms with Crippen LogP contribution in [0, 0.1) is 0 Å². The lowest BCUT2D eigenvalue weighted by atomic mass is 10.2. The summed E-state index contributed by atoms with van der Waals surface area (Å²) in [5.74, 6) is 0.756. The minimum Gasteiger partial charge on any atom is -0.497 e. The van der Waals surface area contributed by atoms with Crippen LogP contribution in [0.4, 0.5) is 0 Å². The Morgan fingerprint density at radius 3 is 2.22 bits per heavy atom. The Kier molecular flexibility index (Phi) is 7.38. The molecular formula is C20H26N2O4S. The average Bonchev–Trinajstić information content (AvgIpc) is 2.68. The number of amides is 1. The van der Waals surface area contributed by atoms with Crippen molar-refractivity contribution < 1.29 is 17.9 Å². The molecule has 0 saturated heterocycles. The third kappa shape index (κ3) is 5.80. The molecule has 6 nitrogen and oxygen atoms in total. The Labute approximate surface area is 161 Å². The molecule has 0 aromatic heterocycles. The first-order valence-electron chi connectivity index (χ1n) is 8.73. The Morgan fingerprint density at radius 2 is 1.63 bits per heavy atom. The third-order valence-corrected chi connectivity index (χ3v) is 6.19. The smallest absolute Gasteiger partial charge is 0.242 e. The van der Waals surface area contributed by atoms with Crippen LogP contribution < -0.4 is 4.74 Å². The number of rotatable bonds is 9. The largest absolute Gasteiger partial charge is 0.497 e. The van der Waals surface area contributed by atoms with Gasteiger partial charge < -0.3 is 9.64 Å². The van der Waals surface area contributed by atoms with Crippen molar-refractivity contribution in [2.24, 2.45) is 0 Å². The van der Waals surface area contributed by atoms with Gasteiger partial charge in [0, 0.05) is 33.6 Å². The standard InChI is InChI=1S/C20H26N2O4S/c1-21(16-17-11-13-18(26-3)14-12-17)20(23)10-7-15-22(2)27(24,25)19-8-5-4-6-9-19/h4-6,8-9,11-14H,7,10,15-16H2,1-3H3. The molecule has 0 N–H and O–H groups in total. The van der Waals surface area contributed by atoms with Crippen LogP contribution in [-0.2, 0) is 21.4 Å². The number of benzene rings is 2. The van der Waals surface area contributed by atoms with Crippen molar-refractivity contribution in [2.75, 3.05) is 27.7 Å². The molecule has 0 heterocycles. The lowest BCUT2D eigenvalue weighted by Gasteiger charge is -2.19. The molecule has 7 heteroatoms. The van der Waals surface area contributed by atoms with Gasteiger partial charge in [-0.05, 0) is 36.2 Å². The zero-order chi connectivity index (χ0) is 19.9. The minimum absolute atomic E-state index is 0.0173. The summed E-state index contributed by atoms with van der Waals surface area (Å²) in [4.78, 5) is 14.2. The van der Waals surface area contributed by atoms with Crippen LogP contribution in [0.5, 0.6) is 5.75 Å². The molecule has 0 radical (unpaired) electrons. The van der Waals surface area contributed by atoms with Gasteiger partial charge in [-0.25, -0.2) is 12.7 Å². The first-order valence-corrected chi connectivity index (χ1v) is 10.2. The van der Waals surface area contributed by atoms with E-state index in [4.69, 9.17) is 4.74 Å². The molecule has 0 bridgehead atoms. The van der Waals surface area contributed by atoms with Gasteiger partial charge in [-0.15, -0.1) is 0 Å². The summed E-state index contributed by atoms with van der Waals surface area (Å²) >= 11 is 0. The van der Waals surface area contributed by atoms with E-state index < -0.39 is 10.0 Å². The first kappa shape index (κ1) is 20.9. The van der Waals surface area contributed by atoms with Crippen molar-refractivity contribution in [1.29, 1.82) is 0 Å². The van der Waals surface area contributed by atoms with E-state index in [1.165, 1.54) is 11.4 Å². The Balaban J connectivity index is 1.82. The van der Waals surface area contributed by atoms with Gasteiger partial charge >= 0.3 is 0 Å². The summed E-state index contributed by atoms with van der Waals surface area (Å²) in [6.07, 6.45) is 0.760. The van der Waals surface area contributed by atoms with E-state index in [0.29, 0.717) is 25.9 Å². The number of carbonyl (C=O) groups is 1. The van der Waals surface area contributed by atoms with Crippen LogP contribution in [-0.4, -0.2) is 51.3 Å². The molecule has 0 aliphatic carbocycles. The van der Waals surface area contributed by atoms with E-state index in [0.717, 1.165) is 11.3 Å². The van der Waals surface area contributed by atoms with Gasteiger partial charge in [0.05, 0.1) is 12.0 Å². The summed E-state index contributed by atoms with van der Waals surface area (Å²) in [7, 11) is 1.38. The van der Waals surface area contributed by atoms with E-state index in [1.807, 2.05) is 24.3 Å². The lowest BCUT2D eigenvalue weighted by molar-refractivity contribution is -0.130. The maximum atomic E-state index is 12.5. The van der Waals surface area contributed by atoms with Gasteiger partial charge in [0.2, 0.25) is 15.9 Å². The lowest BCUT2D eigenvalue weighted by Crippen LogP contribution is -2.30. The van der Waals surface area contributed by atoms with Crippen molar-refractivity contribution in [3.05, 3.63) is 60.2 Å². The molecule has 146 valence electrons. The van der Waals surface area contributed by atoms with Crippen LogP contribution in [0.2, 0.25) is 0 Å². The molecule has 1 amide bonds. The van der Waals surface area contributed by atoms with Crippen LogP contribution in [0.25, 0.3) is 0 Å². The highest BCUT2D eigenvalue weighted by atomic mass is 32.2. The quantitative estimate of drug-likeness (QED) is 0.660. The molecule has 0 unspecified atom stereocenters. The van der Waals surface area contributed by atoms with Crippen molar-refractivity contribution >= 4 is 15.9 Å². The molecule has 0 atom stereocenters. The predicted molar refractivity (Wildman–Crippen MR) is 105 cm³/mol. The van der Waals surface area contributed by atoms with Gasteiger partial charge in [0.1, 0.15) is 5.75 Å². The molecule has 27 heavy (non-hydrogen) atoms. The highest BCUT2D eigenvalue weighted by molar-refractivity contribution is 7.89. The second-order valence-electron chi connectivity index (χ2n) is 6.34. The van der Waals surface area contributed by atoms with Crippen LogP contribution in [0.1, 0.15) is 18.4 Å². The molecule has 0 aliphatic heterocycles. The van der Waals surface area contributed by atoms with Crippen molar-refractivity contribution in [2.45, 2.75) is 24.3 Å². The molecular weight excluding hydrogens is 364 g/mol. The normalized spacial score (nSPS) is 11.4. The molecule has 2 rings (SSSR count). The van der Waals surface area contributed by atoms with Crippen LogP contribution in [0.3, 0.4) is 0 Å². The minimum atomic E-state index is -3.52. The zero-order valence-electron chi connectivity index (χ0n) is 16.0. The van der Waals surface area contributed by atoms with Gasteiger partial charge in [-0.1, -0.05) is 30.3 Å².